The summed E-state index contributed by atoms with van der Waals surface area (Å²) in [7, 11) is 0. The first kappa shape index (κ1) is 17.3. The van der Waals surface area contributed by atoms with E-state index in [-0.39, 0.29) is 29.7 Å². The molecule has 6 N–H and O–H groups in total. The second-order valence-electron chi connectivity index (χ2n) is 5.29. The van der Waals surface area contributed by atoms with Crippen LogP contribution in [0.25, 0.3) is 22.6 Å². The first-order valence-electron chi connectivity index (χ1n) is 7.25. The third kappa shape index (κ3) is 3.32. The van der Waals surface area contributed by atoms with Crippen LogP contribution in [0.2, 0.25) is 10.0 Å². The molecule has 0 saturated heterocycles. The Balaban J connectivity index is 2.23. The average molecular weight is 377 g/mol. The van der Waals surface area contributed by atoms with Gasteiger partial charge in [-0.05, 0) is 36.4 Å². The second-order valence-corrected chi connectivity index (χ2v) is 6.14. The Labute approximate surface area is 153 Å². The van der Waals surface area contributed by atoms with Crippen LogP contribution in [0.3, 0.4) is 0 Å². The maximum Gasteiger partial charge on any atom is 0.162 e. The number of nitrogens with zero attached hydrogens (tertiary/aromatic N) is 2. The molecule has 0 spiro atoms. The lowest BCUT2D eigenvalue weighted by molar-refractivity contribution is 0.404. The maximum atomic E-state index is 9.70. The van der Waals surface area contributed by atoms with Crippen LogP contribution in [0.1, 0.15) is 5.56 Å². The van der Waals surface area contributed by atoms with Gasteiger partial charge in [0.1, 0.15) is 5.82 Å². The van der Waals surface area contributed by atoms with E-state index >= 15 is 0 Å². The van der Waals surface area contributed by atoms with E-state index in [4.69, 9.17) is 34.7 Å². The molecular weight excluding hydrogens is 363 g/mol. The van der Waals surface area contributed by atoms with Crippen molar-refractivity contribution in [1.82, 2.24) is 9.97 Å². The van der Waals surface area contributed by atoms with Crippen molar-refractivity contribution in [1.29, 1.82) is 0 Å². The van der Waals surface area contributed by atoms with Crippen LogP contribution < -0.4 is 11.5 Å². The Morgan fingerprint density at radius 1 is 0.960 bits per heavy atom. The van der Waals surface area contributed by atoms with E-state index in [9.17, 15) is 10.2 Å². The van der Waals surface area contributed by atoms with Crippen molar-refractivity contribution in [2.75, 3.05) is 5.73 Å². The van der Waals surface area contributed by atoms with Gasteiger partial charge in [0.05, 0.1) is 10.7 Å². The molecular formula is C17H14Cl2N4O2. The van der Waals surface area contributed by atoms with Gasteiger partial charge in [-0.3, -0.25) is 0 Å². The number of nitrogen functional groups attached to an aromatic ring is 1. The van der Waals surface area contributed by atoms with Gasteiger partial charge in [0, 0.05) is 28.3 Å². The van der Waals surface area contributed by atoms with Crippen molar-refractivity contribution in [3.05, 3.63) is 52.0 Å². The van der Waals surface area contributed by atoms with Gasteiger partial charge in [-0.25, -0.2) is 9.97 Å². The molecule has 0 aliphatic rings. The minimum atomic E-state index is -0.284. The molecule has 2 aromatic carbocycles. The molecule has 0 unspecified atom stereocenters. The van der Waals surface area contributed by atoms with E-state index in [0.717, 1.165) is 0 Å². The first-order valence-corrected chi connectivity index (χ1v) is 8.00. The molecule has 0 amide bonds. The third-order valence-corrected chi connectivity index (χ3v) is 4.21. The average Bonchev–Trinajstić information content (AvgIpc) is 2.56. The molecule has 0 saturated carbocycles. The molecule has 0 bridgehead atoms. The number of aromatic hydroxyl groups is 2. The highest BCUT2D eigenvalue weighted by Crippen LogP contribution is 2.35. The predicted octanol–water partition coefficient (Wildman–Crippen LogP) is 3.57. The lowest BCUT2D eigenvalue weighted by atomic mass is 10.1. The molecule has 0 aliphatic carbocycles. The molecule has 0 radical (unpaired) electrons. The lowest BCUT2D eigenvalue weighted by Crippen LogP contribution is -2.09. The molecule has 0 fully saturated rings. The van der Waals surface area contributed by atoms with E-state index in [1.165, 1.54) is 12.1 Å². The highest BCUT2D eigenvalue weighted by molar-refractivity contribution is 6.36. The largest absolute Gasteiger partial charge is 0.504 e. The fourth-order valence-electron chi connectivity index (χ4n) is 2.40. The molecule has 6 nitrogen and oxygen atoms in total. The Kier molecular flexibility index (Phi) is 4.67. The summed E-state index contributed by atoms with van der Waals surface area (Å²) in [6.07, 6.45) is 0. The highest BCUT2D eigenvalue weighted by atomic mass is 35.5. The summed E-state index contributed by atoms with van der Waals surface area (Å²) in [6.45, 7) is 0.126. The molecule has 1 heterocycles. The van der Waals surface area contributed by atoms with Gasteiger partial charge in [-0.2, -0.15) is 0 Å². The van der Waals surface area contributed by atoms with E-state index in [2.05, 4.69) is 9.97 Å². The van der Waals surface area contributed by atoms with Crippen molar-refractivity contribution in [2.24, 2.45) is 5.73 Å². The number of hydrogen-bond donors (Lipinski definition) is 4. The Bertz CT molecular complexity index is 964. The first-order chi connectivity index (χ1) is 11.9. The summed E-state index contributed by atoms with van der Waals surface area (Å²) < 4.78 is 0. The van der Waals surface area contributed by atoms with Gasteiger partial charge >= 0.3 is 0 Å². The SMILES string of the molecule is NCc1c(N)nc(-c2ccc(O)c(O)c2)nc1-c1ccc(Cl)cc1Cl. The minimum absolute atomic E-state index is 0.126. The van der Waals surface area contributed by atoms with Crippen LogP contribution >= 0.6 is 23.2 Å². The summed E-state index contributed by atoms with van der Waals surface area (Å²) in [5, 5.41) is 20.1. The number of phenols is 2. The van der Waals surface area contributed by atoms with Crippen molar-refractivity contribution >= 4 is 29.0 Å². The van der Waals surface area contributed by atoms with Gasteiger partial charge in [0.15, 0.2) is 17.3 Å². The number of rotatable bonds is 3. The molecule has 0 aliphatic heterocycles. The Morgan fingerprint density at radius 3 is 2.36 bits per heavy atom. The van der Waals surface area contributed by atoms with Crippen LogP contribution in [0.4, 0.5) is 5.82 Å². The zero-order valence-electron chi connectivity index (χ0n) is 12.9. The van der Waals surface area contributed by atoms with Crippen LogP contribution in [0.15, 0.2) is 36.4 Å². The fourth-order valence-corrected chi connectivity index (χ4v) is 2.90. The second kappa shape index (κ2) is 6.76. The highest BCUT2D eigenvalue weighted by Gasteiger charge is 2.17. The number of nitrogens with two attached hydrogens (primary N) is 2. The van der Waals surface area contributed by atoms with Gasteiger partial charge in [0.2, 0.25) is 0 Å². The van der Waals surface area contributed by atoms with Crippen molar-refractivity contribution < 1.29 is 10.2 Å². The summed E-state index contributed by atoms with van der Waals surface area (Å²) in [4.78, 5) is 8.76. The normalized spacial score (nSPS) is 10.8. The summed E-state index contributed by atoms with van der Waals surface area (Å²) >= 11 is 12.2. The Morgan fingerprint density at radius 2 is 1.72 bits per heavy atom. The van der Waals surface area contributed by atoms with Crippen LogP contribution in [0, 0.1) is 0 Å². The molecule has 25 heavy (non-hydrogen) atoms. The zero-order chi connectivity index (χ0) is 18.1. The predicted molar refractivity (Wildman–Crippen MR) is 98.6 cm³/mol. The number of halogens is 2. The zero-order valence-corrected chi connectivity index (χ0v) is 14.4. The van der Waals surface area contributed by atoms with Crippen LogP contribution in [-0.2, 0) is 6.54 Å². The van der Waals surface area contributed by atoms with E-state index < -0.39 is 0 Å². The molecule has 1 aromatic heterocycles. The standard InChI is InChI=1S/C17H14Cl2N4O2/c18-9-2-3-10(12(19)6-9)15-11(7-20)16(21)23-17(22-15)8-1-4-13(24)14(25)5-8/h1-6,24-25H,7,20H2,(H2,21,22,23). The number of phenolic OH excluding ortho intramolecular Hbond substituents is 2. The van der Waals surface area contributed by atoms with Crippen LogP contribution in [0.5, 0.6) is 11.5 Å². The summed E-state index contributed by atoms with van der Waals surface area (Å²) in [6, 6.07) is 9.27. The topological polar surface area (TPSA) is 118 Å². The quantitative estimate of drug-likeness (QED) is 0.518. The molecule has 128 valence electrons. The molecule has 0 atom stereocenters. The van der Waals surface area contributed by atoms with Gasteiger partial charge in [-0.1, -0.05) is 23.2 Å². The van der Waals surface area contributed by atoms with Crippen molar-refractivity contribution in [3.63, 3.8) is 0 Å². The van der Waals surface area contributed by atoms with Crippen molar-refractivity contribution in [2.45, 2.75) is 6.54 Å². The van der Waals surface area contributed by atoms with E-state index in [1.54, 1.807) is 24.3 Å². The monoisotopic (exact) mass is 376 g/mol. The van der Waals surface area contributed by atoms with Gasteiger partial charge in [-0.15, -0.1) is 0 Å². The maximum absolute atomic E-state index is 9.70. The Hall–Kier alpha value is -2.54. The van der Waals surface area contributed by atoms with E-state index in [1.807, 2.05) is 0 Å². The van der Waals surface area contributed by atoms with Crippen LogP contribution in [-0.4, -0.2) is 20.2 Å². The molecule has 3 aromatic rings. The number of hydrogen-bond acceptors (Lipinski definition) is 6. The van der Waals surface area contributed by atoms with Gasteiger partial charge in [0.25, 0.3) is 0 Å². The number of benzene rings is 2. The van der Waals surface area contributed by atoms with Crippen molar-refractivity contribution in [3.8, 4) is 34.1 Å². The number of aromatic nitrogens is 2. The third-order valence-electron chi connectivity index (χ3n) is 3.66. The van der Waals surface area contributed by atoms with E-state index in [0.29, 0.717) is 32.4 Å². The fraction of sp³-hybridized carbons (Fsp3) is 0.0588. The summed E-state index contributed by atoms with van der Waals surface area (Å²) in [5.74, 6) is -0.0444. The molecule has 8 heteroatoms. The van der Waals surface area contributed by atoms with Gasteiger partial charge < -0.3 is 21.7 Å². The smallest absolute Gasteiger partial charge is 0.162 e. The lowest BCUT2D eigenvalue weighted by Gasteiger charge is -2.13. The molecule has 3 rings (SSSR count). The number of anilines is 1. The summed E-state index contributed by atoms with van der Waals surface area (Å²) in [5.41, 5.74) is 14.0. The minimum Gasteiger partial charge on any atom is -0.504 e.